The fourth-order valence-electron chi connectivity index (χ4n) is 4.08. The van der Waals surface area contributed by atoms with Gasteiger partial charge in [-0.15, -0.1) is 0 Å². The van der Waals surface area contributed by atoms with Gasteiger partial charge in [0.05, 0.1) is 0 Å². The van der Waals surface area contributed by atoms with E-state index in [1.165, 1.54) is 0 Å². The Bertz CT molecular complexity index is 1150. The second kappa shape index (κ2) is 9.70. The summed E-state index contributed by atoms with van der Waals surface area (Å²) in [5.74, 6) is -1.24. The quantitative estimate of drug-likeness (QED) is 0.395. The number of hydrogen-bond donors (Lipinski definition) is 4. The number of thiocarbonyl (C=S) groups is 1. The number of rotatable bonds is 7. The molecule has 1 aliphatic carbocycles. The number of aliphatic carboxylic acids is 1. The van der Waals surface area contributed by atoms with Crippen LogP contribution in [0, 0.1) is 0 Å². The van der Waals surface area contributed by atoms with E-state index in [2.05, 4.69) is 22.8 Å². The molecule has 8 heteroatoms. The fraction of sp³-hybridized carbons (Fsp3) is 0.160. The number of fused-ring (bicyclic) bond motifs is 3. The van der Waals surface area contributed by atoms with E-state index in [-0.39, 0.29) is 24.1 Å². The van der Waals surface area contributed by atoms with E-state index in [0.29, 0.717) is 5.69 Å². The maximum Gasteiger partial charge on any atom is 0.407 e. The monoisotopic (exact) mass is 461 g/mol. The van der Waals surface area contributed by atoms with E-state index < -0.39 is 18.1 Å². The van der Waals surface area contributed by atoms with Gasteiger partial charge in [-0.3, -0.25) is 0 Å². The molecule has 0 saturated carbocycles. The molecular formula is C25H23N3O4S. The first-order valence-electron chi connectivity index (χ1n) is 10.4. The van der Waals surface area contributed by atoms with Crippen molar-refractivity contribution in [3.05, 3.63) is 89.5 Å². The fourth-order valence-corrected chi connectivity index (χ4v) is 4.20. The van der Waals surface area contributed by atoms with E-state index in [4.69, 9.17) is 22.7 Å². The van der Waals surface area contributed by atoms with Crippen molar-refractivity contribution in [2.45, 2.75) is 18.4 Å². The van der Waals surface area contributed by atoms with Crippen LogP contribution in [0.3, 0.4) is 0 Å². The van der Waals surface area contributed by atoms with Crippen LogP contribution in [-0.4, -0.2) is 34.9 Å². The summed E-state index contributed by atoms with van der Waals surface area (Å²) in [6, 6.07) is 21.9. The molecule has 0 spiro atoms. The second-order valence-electron chi connectivity index (χ2n) is 7.75. The third-order valence-corrected chi connectivity index (χ3v) is 5.70. The van der Waals surface area contributed by atoms with Gasteiger partial charge in [-0.1, -0.05) is 60.7 Å². The summed E-state index contributed by atoms with van der Waals surface area (Å²) in [4.78, 5) is 24.2. The molecule has 1 amide bonds. The first kappa shape index (κ1) is 22.3. The summed E-state index contributed by atoms with van der Waals surface area (Å²) >= 11 is 4.80. The van der Waals surface area contributed by atoms with E-state index in [0.717, 1.165) is 27.8 Å². The van der Waals surface area contributed by atoms with Crippen molar-refractivity contribution in [1.29, 1.82) is 0 Å². The maximum absolute atomic E-state index is 12.5. The zero-order valence-corrected chi connectivity index (χ0v) is 18.5. The zero-order chi connectivity index (χ0) is 23.4. The van der Waals surface area contributed by atoms with Gasteiger partial charge in [0.15, 0.2) is 5.11 Å². The SMILES string of the molecule is NC(=S)Nc1ccc(CC(NC(=O)OCC2c3ccccc3-c3ccccc32)C(=O)O)cc1. The molecule has 33 heavy (non-hydrogen) atoms. The average molecular weight is 462 g/mol. The normalized spacial score (nSPS) is 12.8. The number of amides is 1. The van der Waals surface area contributed by atoms with Gasteiger partial charge in [-0.2, -0.15) is 0 Å². The molecule has 0 radical (unpaired) electrons. The zero-order valence-electron chi connectivity index (χ0n) is 17.7. The number of benzene rings is 3. The molecule has 0 fully saturated rings. The van der Waals surface area contributed by atoms with Crippen LogP contribution < -0.4 is 16.4 Å². The summed E-state index contributed by atoms with van der Waals surface area (Å²) in [6.45, 7) is 0.117. The van der Waals surface area contributed by atoms with Gasteiger partial charge >= 0.3 is 12.1 Å². The Morgan fingerprint density at radius 1 is 0.970 bits per heavy atom. The van der Waals surface area contributed by atoms with Crippen LogP contribution in [0.2, 0.25) is 0 Å². The minimum Gasteiger partial charge on any atom is -0.480 e. The molecule has 0 bridgehead atoms. The molecule has 4 rings (SSSR count). The lowest BCUT2D eigenvalue weighted by molar-refractivity contribution is -0.139. The van der Waals surface area contributed by atoms with E-state index in [9.17, 15) is 14.7 Å². The van der Waals surface area contributed by atoms with Crippen LogP contribution >= 0.6 is 12.2 Å². The third-order valence-electron chi connectivity index (χ3n) is 5.60. The highest BCUT2D eigenvalue weighted by atomic mass is 32.1. The lowest BCUT2D eigenvalue weighted by Crippen LogP contribution is -2.42. The molecule has 3 aromatic carbocycles. The summed E-state index contributed by atoms with van der Waals surface area (Å²) in [5.41, 5.74) is 11.3. The van der Waals surface area contributed by atoms with Crippen molar-refractivity contribution in [3.63, 3.8) is 0 Å². The van der Waals surface area contributed by atoms with Crippen LogP contribution in [0.5, 0.6) is 0 Å². The van der Waals surface area contributed by atoms with Crippen molar-refractivity contribution >= 4 is 35.1 Å². The van der Waals surface area contributed by atoms with E-state index in [1.54, 1.807) is 24.3 Å². The van der Waals surface area contributed by atoms with Gasteiger partial charge in [0.1, 0.15) is 12.6 Å². The van der Waals surface area contributed by atoms with Crippen LogP contribution in [0.15, 0.2) is 72.8 Å². The Morgan fingerprint density at radius 2 is 1.55 bits per heavy atom. The lowest BCUT2D eigenvalue weighted by Gasteiger charge is -2.17. The average Bonchev–Trinajstić information content (AvgIpc) is 3.12. The number of carbonyl (C=O) groups excluding carboxylic acids is 1. The molecule has 1 aliphatic rings. The smallest absolute Gasteiger partial charge is 0.407 e. The Labute approximate surface area is 196 Å². The minimum atomic E-state index is -1.14. The van der Waals surface area contributed by atoms with Gasteiger partial charge in [-0.25, -0.2) is 9.59 Å². The Morgan fingerprint density at radius 3 is 2.09 bits per heavy atom. The molecule has 5 N–H and O–H groups in total. The molecule has 0 aliphatic heterocycles. The minimum absolute atomic E-state index is 0.0971. The molecule has 0 saturated heterocycles. The van der Waals surface area contributed by atoms with Crippen LogP contribution in [0.1, 0.15) is 22.6 Å². The number of carboxylic acids is 1. The molecule has 7 nitrogen and oxygen atoms in total. The van der Waals surface area contributed by atoms with Gasteiger partial charge < -0.3 is 26.2 Å². The Balaban J connectivity index is 1.39. The van der Waals surface area contributed by atoms with Crippen molar-refractivity contribution < 1.29 is 19.4 Å². The molecular weight excluding hydrogens is 438 g/mol. The highest BCUT2D eigenvalue weighted by Gasteiger charge is 2.29. The van der Waals surface area contributed by atoms with Gasteiger partial charge in [0.25, 0.3) is 0 Å². The topological polar surface area (TPSA) is 114 Å². The first-order valence-corrected chi connectivity index (χ1v) is 10.8. The molecule has 0 heterocycles. The first-order chi connectivity index (χ1) is 15.9. The van der Waals surface area contributed by atoms with Crippen molar-refractivity contribution in [1.82, 2.24) is 5.32 Å². The molecule has 168 valence electrons. The van der Waals surface area contributed by atoms with Crippen LogP contribution in [0.25, 0.3) is 11.1 Å². The highest BCUT2D eigenvalue weighted by Crippen LogP contribution is 2.44. The number of nitrogens with two attached hydrogens (primary N) is 1. The molecule has 1 unspecified atom stereocenters. The van der Waals surface area contributed by atoms with Gasteiger partial charge in [0.2, 0.25) is 0 Å². The van der Waals surface area contributed by atoms with Crippen LogP contribution in [-0.2, 0) is 16.0 Å². The molecule has 0 aromatic heterocycles. The Hall–Kier alpha value is -3.91. The largest absolute Gasteiger partial charge is 0.480 e. The molecule has 3 aromatic rings. The van der Waals surface area contributed by atoms with Crippen LogP contribution in [0.4, 0.5) is 10.5 Å². The van der Waals surface area contributed by atoms with Crippen molar-refractivity contribution in [3.8, 4) is 11.1 Å². The number of alkyl carbamates (subject to hydrolysis) is 1. The molecule has 1 atom stereocenters. The predicted octanol–water partition coefficient (Wildman–Crippen LogP) is 3.88. The van der Waals surface area contributed by atoms with Gasteiger partial charge in [0, 0.05) is 18.0 Å². The number of anilines is 1. The Kier molecular flexibility index (Phi) is 6.55. The summed E-state index contributed by atoms with van der Waals surface area (Å²) in [7, 11) is 0. The summed E-state index contributed by atoms with van der Waals surface area (Å²) < 4.78 is 5.47. The maximum atomic E-state index is 12.5. The lowest BCUT2D eigenvalue weighted by atomic mass is 9.98. The second-order valence-corrected chi connectivity index (χ2v) is 8.19. The number of hydrogen-bond acceptors (Lipinski definition) is 4. The van der Waals surface area contributed by atoms with Crippen molar-refractivity contribution in [2.75, 3.05) is 11.9 Å². The van der Waals surface area contributed by atoms with Crippen molar-refractivity contribution in [2.24, 2.45) is 5.73 Å². The number of ether oxygens (including phenoxy) is 1. The number of nitrogens with one attached hydrogen (secondary N) is 2. The third kappa shape index (κ3) is 5.12. The standard InChI is InChI=1S/C25H23N3O4S/c26-24(33)27-16-11-9-15(10-12-16)13-22(23(29)30)28-25(31)32-14-21-19-7-3-1-5-17(19)18-6-2-4-8-20(18)21/h1-12,21-22H,13-14H2,(H,28,31)(H,29,30)(H3,26,27,33). The number of carbonyl (C=O) groups is 2. The number of carboxylic acid groups (broad SMARTS) is 1. The summed E-state index contributed by atoms with van der Waals surface area (Å²) in [5, 5.41) is 15.0. The summed E-state index contributed by atoms with van der Waals surface area (Å²) in [6.07, 6.45) is -0.664. The van der Waals surface area contributed by atoms with E-state index in [1.807, 2.05) is 36.4 Å². The van der Waals surface area contributed by atoms with E-state index >= 15 is 0 Å². The highest BCUT2D eigenvalue weighted by molar-refractivity contribution is 7.80. The van der Waals surface area contributed by atoms with Gasteiger partial charge in [-0.05, 0) is 52.2 Å². The predicted molar refractivity (Wildman–Crippen MR) is 130 cm³/mol.